The molecule has 5 heteroatoms. The molecule has 0 aliphatic heterocycles. The van der Waals surface area contributed by atoms with Crippen LogP contribution >= 0.6 is 0 Å². The third-order valence-electron chi connectivity index (χ3n) is 3.55. The molecule has 18 heavy (non-hydrogen) atoms. The van der Waals surface area contributed by atoms with Crippen molar-refractivity contribution in [2.24, 2.45) is 5.92 Å². The van der Waals surface area contributed by atoms with Crippen molar-refractivity contribution in [2.45, 2.75) is 38.6 Å². The summed E-state index contributed by atoms with van der Waals surface area (Å²) in [6.45, 7) is 2.20. The van der Waals surface area contributed by atoms with E-state index in [1.54, 1.807) is 0 Å². The van der Waals surface area contributed by atoms with Crippen molar-refractivity contribution in [2.75, 3.05) is 5.32 Å². The molecule has 1 saturated carbocycles. The average molecular weight is 252 g/mol. The summed E-state index contributed by atoms with van der Waals surface area (Å²) in [5.41, 5.74) is -0.157. The van der Waals surface area contributed by atoms with Gasteiger partial charge in [-0.3, -0.25) is 10.1 Å². The van der Waals surface area contributed by atoms with Crippen LogP contribution in [0.3, 0.4) is 0 Å². The summed E-state index contributed by atoms with van der Waals surface area (Å²) in [5, 5.41) is 13.9. The highest BCUT2D eigenvalue weighted by atomic mass is 19.1. The average Bonchev–Trinajstić information content (AvgIpc) is 2.34. The number of rotatable bonds is 3. The van der Waals surface area contributed by atoms with Crippen LogP contribution in [0.5, 0.6) is 0 Å². The Morgan fingerprint density at radius 1 is 1.33 bits per heavy atom. The number of hydrogen-bond acceptors (Lipinski definition) is 3. The van der Waals surface area contributed by atoms with E-state index >= 15 is 0 Å². The second-order valence-electron chi connectivity index (χ2n) is 4.99. The quantitative estimate of drug-likeness (QED) is 0.658. The van der Waals surface area contributed by atoms with Crippen molar-refractivity contribution in [3.05, 3.63) is 34.1 Å². The predicted molar refractivity (Wildman–Crippen MR) is 68.1 cm³/mol. The van der Waals surface area contributed by atoms with Crippen molar-refractivity contribution in [1.82, 2.24) is 0 Å². The van der Waals surface area contributed by atoms with Crippen LogP contribution in [-0.2, 0) is 0 Å². The molecule has 1 aromatic rings. The molecule has 0 radical (unpaired) electrons. The Balaban J connectivity index is 2.15. The molecule has 1 aromatic carbocycles. The highest BCUT2D eigenvalue weighted by Crippen LogP contribution is 2.31. The molecule has 0 amide bonds. The lowest BCUT2D eigenvalue weighted by atomic mass is 9.87. The molecule has 1 aliphatic carbocycles. The van der Waals surface area contributed by atoms with E-state index in [1.807, 2.05) is 0 Å². The molecule has 2 rings (SSSR count). The molecule has 0 spiro atoms. The Hall–Kier alpha value is -1.65. The van der Waals surface area contributed by atoms with Crippen molar-refractivity contribution in [3.8, 4) is 0 Å². The highest BCUT2D eigenvalue weighted by molar-refractivity contribution is 5.62. The zero-order valence-electron chi connectivity index (χ0n) is 10.4. The van der Waals surface area contributed by atoms with Gasteiger partial charge in [-0.25, -0.2) is 4.39 Å². The van der Waals surface area contributed by atoms with Gasteiger partial charge in [0.25, 0.3) is 5.69 Å². The second kappa shape index (κ2) is 5.33. The number of anilines is 1. The van der Waals surface area contributed by atoms with Gasteiger partial charge >= 0.3 is 0 Å². The first-order valence-electron chi connectivity index (χ1n) is 6.27. The molecule has 0 heterocycles. The minimum Gasteiger partial charge on any atom is -0.374 e. The maximum Gasteiger partial charge on any atom is 0.295 e. The van der Waals surface area contributed by atoms with Crippen molar-refractivity contribution < 1.29 is 9.31 Å². The molecule has 1 aliphatic rings. The summed E-state index contributed by atoms with van der Waals surface area (Å²) in [6.07, 6.45) is 4.04. The summed E-state index contributed by atoms with van der Waals surface area (Å²) < 4.78 is 13.7. The summed E-state index contributed by atoms with van der Waals surface area (Å²) >= 11 is 0. The number of nitrogens with one attached hydrogen (secondary N) is 1. The van der Waals surface area contributed by atoms with Gasteiger partial charge in [0.05, 0.1) is 4.92 Å². The molecule has 4 nitrogen and oxygen atoms in total. The van der Waals surface area contributed by atoms with Gasteiger partial charge in [-0.05, 0) is 37.7 Å². The Kier molecular flexibility index (Phi) is 3.79. The third kappa shape index (κ3) is 2.78. The Morgan fingerprint density at radius 3 is 2.61 bits per heavy atom. The topological polar surface area (TPSA) is 55.2 Å². The van der Waals surface area contributed by atoms with Crippen LogP contribution in [0.1, 0.15) is 32.6 Å². The summed E-state index contributed by atoms with van der Waals surface area (Å²) in [5.74, 6) is 0.140. The lowest BCUT2D eigenvalue weighted by molar-refractivity contribution is -0.384. The van der Waals surface area contributed by atoms with Crippen LogP contribution in [0.2, 0.25) is 0 Å². The summed E-state index contributed by atoms with van der Waals surface area (Å²) in [7, 11) is 0. The van der Waals surface area contributed by atoms with Crippen LogP contribution in [-0.4, -0.2) is 11.0 Å². The van der Waals surface area contributed by atoms with Gasteiger partial charge in [0.2, 0.25) is 0 Å². The van der Waals surface area contributed by atoms with Gasteiger partial charge < -0.3 is 5.32 Å². The first kappa shape index (κ1) is 12.8. The highest BCUT2D eigenvalue weighted by Gasteiger charge is 2.23. The number of nitro groups is 1. The van der Waals surface area contributed by atoms with Gasteiger partial charge in [0.1, 0.15) is 5.69 Å². The van der Waals surface area contributed by atoms with Crippen molar-refractivity contribution >= 4 is 11.4 Å². The fourth-order valence-corrected chi connectivity index (χ4v) is 2.42. The van der Waals surface area contributed by atoms with Crippen LogP contribution < -0.4 is 5.32 Å². The maximum atomic E-state index is 13.7. The molecule has 0 bridgehead atoms. The molecule has 0 unspecified atom stereocenters. The minimum absolute atomic E-state index is 0.0297. The number of nitro benzene ring substituents is 1. The van der Waals surface area contributed by atoms with E-state index in [0.29, 0.717) is 5.92 Å². The van der Waals surface area contributed by atoms with Crippen LogP contribution in [0.4, 0.5) is 15.8 Å². The van der Waals surface area contributed by atoms with E-state index in [1.165, 1.54) is 18.2 Å². The largest absolute Gasteiger partial charge is 0.374 e. The molecule has 0 aromatic heterocycles. The van der Waals surface area contributed by atoms with Gasteiger partial charge in [-0.2, -0.15) is 0 Å². The first-order chi connectivity index (χ1) is 8.58. The van der Waals surface area contributed by atoms with Gasteiger partial charge in [-0.1, -0.05) is 13.0 Å². The van der Waals surface area contributed by atoms with Crippen molar-refractivity contribution in [1.29, 1.82) is 0 Å². The van der Waals surface area contributed by atoms with E-state index in [0.717, 1.165) is 25.7 Å². The lowest BCUT2D eigenvalue weighted by Gasteiger charge is -2.27. The monoisotopic (exact) mass is 252 g/mol. The normalized spacial score (nSPS) is 23.7. The molecule has 0 saturated heterocycles. The molecule has 1 N–H and O–H groups in total. The number of para-hydroxylation sites is 1. The third-order valence-corrected chi connectivity index (χ3v) is 3.55. The molecular formula is C13H17FN2O2. The Labute approximate surface area is 105 Å². The second-order valence-corrected chi connectivity index (χ2v) is 4.99. The number of benzene rings is 1. The van der Waals surface area contributed by atoms with Crippen LogP contribution in [0.15, 0.2) is 18.2 Å². The van der Waals surface area contributed by atoms with E-state index in [9.17, 15) is 14.5 Å². The predicted octanol–water partition coefficient (Wildman–Crippen LogP) is 3.72. The zero-order valence-corrected chi connectivity index (χ0v) is 10.4. The van der Waals surface area contributed by atoms with Crippen LogP contribution in [0.25, 0.3) is 0 Å². The standard InChI is InChI=1S/C13H17FN2O2/c1-9-5-7-10(8-6-9)15-13-11(14)3-2-4-12(13)16(17)18/h2-4,9-10,15H,5-8H2,1H3. The van der Waals surface area contributed by atoms with Gasteiger partial charge in [-0.15, -0.1) is 0 Å². The Bertz CT molecular complexity index is 443. The van der Waals surface area contributed by atoms with E-state index in [2.05, 4.69) is 12.2 Å². The van der Waals surface area contributed by atoms with Gasteiger partial charge in [0, 0.05) is 12.1 Å². The molecule has 1 fully saturated rings. The zero-order chi connectivity index (χ0) is 13.1. The van der Waals surface area contributed by atoms with Crippen LogP contribution in [0, 0.1) is 21.8 Å². The number of nitrogens with zero attached hydrogens (tertiary/aromatic N) is 1. The van der Waals surface area contributed by atoms with E-state index < -0.39 is 10.7 Å². The number of hydrogen-bond donors (Lipinski definition) is 1. The van der Waals surface area contributed by atoms with E-state index in [4.69, 9.17) is 0 Å². The minimum atomic E-state index is -0.553. The van der Waals surface area contributed by atoms with E-state index in [-0.39, 0.29) is 17.4 Å². The molecular weight excluding hydrogens is 235 g/mol. The summed E-state index contributed by atoms with van der Waals surface area (Å²) in [6, 6.07) is 4.08. The molecule has 0 atom stereocenters. The fourth-order valence-electron chi connectivity index (χ4n) is 2.42. The first-order valence-corrected chi connectivity index (χ1v) is 6.27. The molecule has 98 valence electrons. The Morgan fingerprint density at radius 2 is 2.00 bits per heavy atom. The van der Waals surface area contributed by atoms with Gasteiger partial charge in [0.15, 0.2) is 5.82 Å². The number of halogens is 1. The maximum absolute atomic E-state index is 13.7. The SMILES string of the molecule is CC1CCC(Nc2c(F)cccc2[N+](=O)[O-])CC1. The summed E-state index contributed by atoms with van der Waals surface area (Å²) in [4.78, 5) is 10.3. The lowest BCUT2D eigenvalue weighted by Crippen LogP contribution is -2.26. The smallest absolute Gasteiger partial charge is 0.295 e. The fraction of sp³-hybridized carbons (Fsp3) is 0.538. The van der Waals surface area contributed by atoms with Crippen molar-refractivity contribution in [3.63, 3.8) is 0 Å².